The van der Waals surface area contributed by atoms with Crippen molar-refractivity contribution in [2.45, 2.75) is 11.8 Å². The van der Waals surface area contributed by atoms with Gasteiger partial charge in [-0.1, -0.05) is 11.6 Å². The summed E-state index contributed by atoms with van der Waals surface area (Å²) < 4.78 is 26.4. The molecule has 0 saturated heterocycles. The van der Waals surface area contributed by atoms with Gasteiger partial charge < -0.3 is 0 Å². The molecule has 1 aromatic heterocycles. The minimum atomic E-state index is -3.94. The van der Waals surface area contributed by atoms with E-state index >= 15 is 0 Å². The molecule has 0 saturated carbocycles. The SMILES string of the molecule is Cc1csc(NS(=O)(=O)c2ccc(Cl)c([N+](=O)[O-])c2)n1. The van der Waals surface area contributed by atoms with Crippen LogP contribution in [0.25, 0.3) is 0 Å². The maximum absolute atomic E-state index is 12.1. The number of aryl methyl sites for hydroxylation is 1. The molecular formula is C10H8ClN3O4S2. The molecule has 7 nitrogen and oxygen atoms in total. The van der Waals surface area contributed by atoms with E-state index in [0.29, 0.717) is 5.69 Å². The topological polar surface area (TPSA) is 102 Å². The van der Waals surface area contributed by atoms with Gasteiger partial charge in [-0.3, -0.25) is 14.8 Å². The summed E-state index contributed by atoms with van der Waals surface area (Å²) in [5, 5.41) is 12.5. The van der Waals surface area contributed by atoms with Crippen molar-refractivity contribution < 1.29 is 13.3 Å². The summed E-state index contributed by atoms with van der Waals surface area (Å²) in [6, 6.07) is 3.27. The molecule has 1 heterocycles. The first kappa shape index (κ1) is 14.7. The molecule has 10 heteroatoms. The van der Waals surface area contributed by atoms with Crippen LogP contribution in [-0.4, -0.2) is 18.3 Å². The summed E-state index contributed by atoms with van der Waals surface area (Å²) in [5.41, 5.74) is 0.208. The fourth-order valence-corrected chi connectivity index (χ4v) is 3.52. The van der Waals surface area contributed by atoms with E-state index < -0.39 is 20.6 Å². The van der Waals surface area contributed by atoms with Crippen LogP contribution in [0.1, 0.15) is 5.69 Å². The summed E-state index contributed by atoms with van der Waals surface area (Å²) in [6.07, 6.45) is 0. The van der Waals surface area contributed by atoms with Crippen LogP contribution in [0.5, 0.6) is 0 Å². The number of rotatable bonds is 4. The monoisotopic (exact) mass is 333 g/mol. The van der Waals surface area contributed by atoms with Crippen LogP contribution < -0.4 is 4.72 Å². The van der Waals surface area contributed by atoms with Gasteiger partial charge in [-0.05, 0) is 19.1 Å². The summed E-state index contributed by atoms with van der Waals surface area (Å²) in [5.74, 6) is 0. The number of nitrogens with zero attached hydrogens (tertiary/aromatic N) is 2. The minimum absolute atomic E-state index is 0.126. The van der Waals surface area contributed by atoms with Gasteiger partial charge in [0.25, 0.3) is 15.7 Å². The predicted octanol–water partition coefficient (Wildman–Crippen LogP) is 2.81. The van der Waals surface area contributed by atoms with Gasteiger partial charge in [0.2, 0.25) is 0 Å². The van der Waals surface area contributed by atoms with Crippen LogP contribution in [0.15, 0.2) is 28.5 Å². The van der Waals surface area contributed by atoms with Crippen LogP contribution in [0.3, 0.4) is 0 Å². The minimum Gasteiger partial charge on any atom is -0.258 e. The number of benzene rings is 1. The van der Waals surface area contributed by atoms with Crippen LogP contribution in [-0.2, 0) is 10.0 Å². The van der Waals surface area contributed by atoms with E-state index in [0.717, 1.165) is 17.4 Å². The molecule has 2 aromatic rings. The molecule has 2 rings (SSSR count). The van der Waals surface area contributed by atoms with Gasteiger partial charge in [0.15, 0.2) is 5.13 Å². The Balaban J connectivity index is 2.39. The lowest BCUT2D eigenvalue weighted by molar-refractivity contribution is -0.384. The fourth-order valence-electron chi connectivity index (χ4n) is 1.37. The van der Waals surface area contributed by atoms with Crippen molar-refractivity contribution in [1.82, 2.24) is 4.98 Å². The Hall–Kier alpha value is -1.71. The zero-order valence-corrected chi connectivity index (χ0v) is 12.4. The van der Waals surface area contributed by atoms with Gasteiger partial charge in [0, 0.05) is 11.4 Å². The van der Waals surface area contributed by atoms with E-state index in [1.807, 2.05) is 0 Å². The van der Waals surface area contributed by atoms with Crippen LogP contribution in [0.4, 0.5) is 10.8 Å². The van der Waals surface area contributed by atoms with Gasteiger partial charge in [-0.2, -0.15) is 0 Å². The average molecular weight is 334 g/mol. The number of hydrogen-bond acceptors (Lipinski definition) is 6. The second-order valence-corrected chi connectivity index (χ2v) is 6.72. The third-order valence-electron chi connectivity index (χ3n) is 2.27. The number of anilines is 1. The Labute approximate surface area is 123 Å². The van der Waals surface area contributed by atoms with Gasteiger partial charge >= 0.3 is 0 Å². The van der Waals surface area contributed by atoms with Crippen molar-refractivity contribution in [2.24, 2.45) is 0 Å². The number of hydrogen-bond donors (Lipinski definition) is 1. The standard InChI is InChI=1S/C10H8ClN3O4S2/c1-6-5-19-10(12-6)13-20(17,18)7-2-3-8(11)9(4-7)14(15)16/h2-5H,1H3,(H,12,13). The lowest BCUT2D eigenvalue weighted by Crippen LogP contribution is -2.13. The fraction of sp³-hybridized carbons (Fsp3) is 0.100. The Morgan fingerprint density at radius 2 is 2.15 bits per heavy atom. The van der Waals surface area contributed by atoms with Crippen LogP contribution >= 0.6 is 22.9 Å². The first-order valence-corrected chi connectivity index (χ1v) is 7.92. The van der Waals surface area contributed by atoms with Crippen molar-refractivity contribution in [2.75, 3.05) is 4.72 Å². The van der Waals surface area contributed by atoms with E-state index in [-0.39, 0.29) is 15.0 Å². The molecule has 20 heavy (non-hydrogen) atoms. The van der Waals surface area contributed by atoms with Crippen LogP contribution in [0, 0.1) is 17.0 Å². The van der Waals surface area contributed by atoms with E-state index in [4.69, 9.17) is 11.6 Å². The lowest BCUT2D eigenvalue weighted by atomic mass is 10.3. The van der Waals surface area contributed by atoms with Crippen molar-refractivity contribution in [1.29, 1.82) is 0 Å². The second kappa shape index (κ2) is 5.35. The first-order chi connectivity index (χ1) is 9.29. The Bertz CT molecular complexity index is 773. The lowest BCUT2D eigenvalue weighted by Gasteiger charge is -2.05. The Morgan fingerprint density at radius 3 is 2.70 bits per heavy atom. The van der Waals surface area contributed by atoms with Gasteiger partial charge in [0.1, 0.15) is 5.02 Å². The molecule has 0 bridgehead atoms. The highest BCUT2D eigenvalue weighted by atomic mass is 35.5. The zero-order valence-electron chi connectivity index (χ0n) is 10.0. The van der Waals surface area contributed by atoms with E-state index in [1.165, 1.54) is 12.1 Å². The normalized spacial score (nSPS) is 11.3. The summed E-state index contributed by atoms with van der Waals surface area (Å²) in [7, 11) is -3.94. The smallest absolute Gasteiger partial charge is 0.258 e. The molecule has 106 valence electrons. The first-order valence-electron chi connectivity index (χ1n) is 5.18. The number of thiazole rings is 1. The Morgan fingerprint density at radius 1 is 1.45 bits per heavy atom. The van der Waals surface area contributed by atoms with Crippen molar-refractivity contribution in [3.8, 4) is 0 Å². The molecule has 0 atom stereocenters. The molecule has 0 radical (unpaired) electrons. The Kier molecular flexibility index (Phi) is 3.93. The quantitative estimate of drug-likeness (QED) is 0.684. The highest BCUT2D eigenvalue weighted by molar-refractivity contribution is 7.93. The molecule has 0 unspecified atom stereocenters. The largest absolute Gasteiger partial charge is 0.289 e. The number of aromatic nitrogens is 1. The number of sulfonamides is 1. The second-order valence-electron chi connectivity index (χ2n) is 3.77. The molecular weight excluding hydrogens is 326 g/mol. The number of halogens is 1. The zero-order chi connectivity index (χ0) is 14.9. The molecule has 1 aromatic carbocycles. The predicted molar refractivity (Wildman–Crippen MR) is 75.8 cm³/mol. The van der Waals surface area contributed by atoms with Crippen molar-refractivity contribution in [3.63, 3.8) is 0 Å². The average Bonchev–Trinajstić information content (AvgIpc) is 2.73. The molecule has 1 N–H and O–H groups in total. The summed E-state index contributed by atoms with van der Waals surface area (Å²) in [4.78, 5) is 13.7. The summed E-state index contributed by atoms with van der Waals surface area (Å²) in [6.45, 7) is 1.72. The number of nitro groups is 1. The molecule has 0 aliphatic heterocycles. The molecule has 0 amide bonds. The summed E-state index contributed by atoms with van der Waals surface area (Å²) >= 11 is 6.76. The van der Waals surface area contributed by atoms with Crippen LogP contribution in [0.2, 0.25) is 5.02 Å². The number of nitro benzene ring substituents is 1. The third kappa shape index (κ3) is 3.06. The molecule has 0 aliphatic rings. The van der Waals surface area contributed by atoms with E-state index in [1.54, 1.807) is 12.3 Å². The van der Waals surface area contributed by atoms with Crippen molar-refractivity contribution >= 4 is 43.8 Å². The van der Waals surface area contributed by atoms with Crippen molar-refractivity contribution in [3.05, 3.63) is 44.4 Å². The maximum atomic E-state index is 12.1. The number of nitrogens with one attached hydrogen (secondary N) is 1. The van der Waals surface area contributed by atoms with Gasteiger partial charge in [-0.25, -0.2) is 13.4 Å². The third-order valence-corrected chi connectivity index (χ3v) is 4.93. The highest BCUT2D eigenvalue weighted by Gasteiger charge is 2.21. The van der Waals surface area contributed by atoms with Gasteiger partial charge in [-0.15, -0.1) is 11.3 Å². The molecule has 0 spiro atoms. The molecule has 0 aliphatic carbocycles. The maximum Gasteiger partial charge on any atom is 0.289 e. The van der Waals surface area contributed by atoms with Gasteiger partial charge in [0.05, 0.1) is 15.5 Å². The highest BCUT2D eigenvalue weighted by Crippen LogP contribution is 2.28. The molecule has 0 fully saturated rings. The van der Waals surface area contributed by atoms with E-state index in [2.05, 4.69) is 9.71 Å². The van der Waals surface area contributed by atoms with E-state index in [9.17, 15) is 18.5 Å².